The van der Waals surface area contributed by atoms with E-state index in [1.54, 1.807) is 28.7 Å². The molecule has 5 heteroatoms. The maximum Gasteiger partial charge on any atom is 0.184 e. The predicted molar refractivity (Wildman–Crippen MR) is 76.0 cm³/mol. The van der Waals surface area contributed by atoms with Crippen LogP contribution in [0.15, 0.2) is 29.0 Å². The molecule has 2 nitrogen and oxygen atoms in total. The molecule has 1 aromatic carbocycles. The highest BCUT2D eigenvalue weighted by molar-refractivity contribution is 7.22. The molecule has 0 amide bonds. The number of anilines is 1. The first kappa shape index (κ1) is 11.6. The minimum absolute atomic E-state index is 0.243. The summed E-state index contributed by atoms with van der Waals surface area (Å²) in [4.78, 5) is 4.37. The lowest BCUT2D eigenvalue weighted by Gasteiger charge is -2.00. The van der Waals surface area contributed by atoms with Gasteiger partial charge >= 0.3 is 0 Å². The third kappa shape index (κ3) is 2.23. The normalized spacial score (nSPS) is 11.0. The van der Waals surface area contributed by atoms with Gasteiger partial charge in [-0.05, 0) is 40.9 Å². The number of thiophene rings is 1. The number of fused-ring (bicyclic) bond motifs is 1. The van der Waals surface area contributed by atoms with Crippen LogP contribution in [0.25, 0.3) is 10.2 Å². The van der Waals surface area contributed by atoms with Crippen molar-refractivity contribution in [3.63, 3.8) is 0 Å². The van der Waals surface area contributed by atoms with Crippen molar-refractivity contribution in [1.29, 1.82) is 0 Å². The lowest BCUT2D eigenvalue weighted by Crippen LogP contribution is -1.98. The highest BCUT2D eigenvalue weighted by Gasteiger charge is 2.05. The zero-order valence-corrected chi connectivity index (χ0v) is 11.4. The van der Waals surface area contributed by atoms with Crippen molar-refractivity contribution in [1.82, 2.24) is 4.98 Å². The molecule has 92 valence electrons. The van der Waals surface area contributed by atoms with Crippen LogP contribution < -0.4 is 5.32 Å². The van der Waals surface area contributed by atoms with Crippen LogP contribution >= 0.6 is 22.7 Å². The van der Waals surface area contributed by atoms with E-state index in [9.17, 15) is 4.39 Å². The van der Waals surface area contributed by atoms with Crippen molar-refractivity contribution in [3.8, 4) is 0 Å². The van der Waals surface area contributed by atoms with Gasteiger partial charge in [0.05, 0.1) is 10.2 Å². The van der Waals surface area contributed by atoms with Crippen molar-refractivity contribution in [2.45, 2.75) is 13.5 Å². The Morgan fingerprint density at radius 3 is 3.00 bits per heavy atom. The lowest BCUT2D eigenvalue weighted by atomic mass is 10.2. The summed E-state index contributed by atoms with van der Waals surface area (Å²) >= 11 is 3.25. The molecule has 3 aromatic rings. The topological polar surface area (TPSA) is 24.9 Å². The van der Waals surface area contributed by atoms with Gasteiger partial charge in [0.15, 0.2) is 5.13 Å². The highest BCUT2D eigenvalue weighted by atomic mass is 32.1. The molecule has 0 spiro atoms. The molecule has 0 aliphatic rings. The quantitative estimate of drug-likeness (QED) is 0.767. The maximum absolute atomic E-state index is 13.1. The predicted octanol–water partition coefficient (Wildman–Crippen LogP) is 4.42. The fraction of sp³-hybridized carbons (Fsp3) is 0.154. The molecular formula is C13H11FN2S2. The SMILES string of the molecule is Cc1cscc1CNc1nc2cc(F)ccc2s1. The Morgan fingerprint density at radius 2 is 2.22 bits per heavy atom. The van der Waals surface area contributed by atoms with Gasteiger partial charge in [-0.1, -0.05) is 11.3 Å². The second kappa shape index (κ2) is 4.66. The molecule has 0 unspecified atom stereocenters. The van der Waals surface area contributed by atoms with Crippen LogP contribution in [0.1, 0.15) is 11.1 Å². The molecule has 0 bridgehead atoms. The van der Waals surface area contributed by atoms with E-state index >= 15 is 0 Å². The minimum atomic E-state index is -0.243. The lowest BCUT2D eigenvalue weighted by molar-refractivity contribution is 0.629. The zero-order valence-electron chi connectivity index (χ0n) is 9.74. The van der Waals surface area contributed by atoms with Crippen molar-refractivity contribution >= 4 is 38.0 Å². The van der Waals surface area contributed by atoms with E-state index in [-0.39, 0.29) is 5.82 Å². The molecule has 0 saturated heterocycles. The Balaban J connectivity index is 1.81. The third-order valence-corrected chi connectivity index (χ3v) is 4.65. The molecule has 2 aromatic heterocycles. The number of hydrogen-bond acceptors (Lipinski definition) is 4. The van der Waals surface area contributed by atoms with E-state index < -0.39 is 0 Å². The Kier molecular flexibility index (Phi) is 3.01. The van der Waals surface area contributed by atoms with Crippen molar-refractivity contribution < 1.29 is 4.39 Å². The number of nitrogens with one attached hydrogen (secondary N) is 1. The van der Waals surface area contributed by atoms with Crippen LogP contribution in [0.3, 0.4) is 0 Å². The number of rotatable bonds is 3. The third-order valence-electron chi connectivity index (χ3n) is 2.74. The van der Waals surface area contributed by atoms with E-state index in [1.165, 1.54) is 23.3 Å². The smallest absolute Gasteiger partial charge is 0.184 e. The molecule has 0 fully saturated rings. The van der Waals surface area contributed by atoms with Crippen LogP contribution in [0.2, 0.25) is 0 Å². The van der Waals surface area contributed by atoms with Crippen LogP contribution in [0.4, 0.5) is 9.52 Å². The number of thiazole rings is 1. The Morgan fingerprint density at radius 1 is 1.33 bits per heavy atom. The maximum atomic E-state index is 13.1. The van der Waals surface area contributed by atoms with Crippen molar-refractivity contribution in [2.75, 3.05) is 5.32 Å². The standard InChI is InChI=1S/C13H11FN2S2/c1-8-6-17-7-9(8)5-15-13-16-11-4-10(14)2-3-12(11)18-13/h2-4,6-7H,5H2,1H3,(H,15,16). The molecule has 18 heavy (non-hydrogen) atoms. The Labute approximate surface area is 112 Å². The van der Waals surface area contributed by atoms with Gasteiger partial charge in [-0.3, -0.25) is 0 Å². The van der Waals surface area contributed by atoms with Gasteiger partial charge in [-0.2, -0.15) is 11.3 Å². The first-order valence-corrected chi connectivity index (χ1v) is 7.30. The number of aromatic nitrogens is 1. The van der Waals surface area contributed by atoms with Gasteiger partial charge in [0.2, 0.25) is 0 Å². The Bertz CT molecular complexity index is 687. The summed E-state index contributed by atoms with van der Waals surface area (Å²) in [6.07, 6.45) is 0. The molecule has 2 heterocycles. The second-order valence-electron chi connectivity index (χ2n) is 4.06. The zero-order chi connectivity index (χ0) is 12.5. The van der Waals surface area contributed by atoms with Gasteiger partial charge in [0.1, 0.15) is 5.82 Å². The molecule has 0 atom stereocenters. The van der Waals surface area contributed by atoms with Gasteiger partial charge in [-0.15, -0.1) is 0 Å². The molecule has 0 saturated carbocycles. The fourth-order valence-corrected chi connectivity index (χ4v) is 3.41. The molecule has 0 aliphatic carbocycles. The van der Waals surface area contributed by atoms with Crippen LogP contribution in [0.5, 0.6) is 0 Å². The van der Waals surface area contributed by atoms with E-state index in [2.05, 4.69) is 28.0 Å². The molecular weight excluding hydrogens is 267 g/mol. The van der Waals surface area contributed by atoms with Crippen molar-refractivity contribution in [2.24, 2.45) is 0 Å². The van der Waals surface area contributed by atoms with E-state index in [0.29, 0.717) is 5.52 Å². The summed E-state index contributed by atoms with van der Waals surface area (Å²) in [5, 5.41) is 8.39. The average Bonchev–Trinajstić information content (AvgIpc) is 2.92. The average molecular weight is 278 g/mol. The summed E-state index contributed by atoms with van der Waals surface area (Å²) in [6.45, 7) is 2.86. The monoisotopic (exact) mass is 278 g/mol. The fourth-order valence-electron chi connectivity index (χ4n) is 1.71. The Hall–Kier alpha value is -1.46. The first-order valence-electron chi connectivity index (χ1n) is 5.54. The summed E-state index contributed by atoms with van der Waals surface area (Å²) in [7, 11) is 0. The summed E-state index contributed by atoms with van der Waals surface area (Å²) in [5.41, 5.74) is 3.29. The van der Waals surface area contributed by atoms with E-state index in [1.807, 2.05) is 0 Å². The number of hydrogen-bond donors (Lipinski definition) is 1. The van der Waals surface area contributed by atoms with Crippen LogP contribution in [-0.4, -0.2) is 4.98 Å². The molecule has 1 N–H and O–H groups in total. The molecule has 0 radical (unpaired) electrons. The second-order valence-corrected chi connectivity index (χ2v) is 5.84. The molecule has 3 rings (SSSR count). The van der Waals surface area contributed by atoms with Crippen LogP contribution in [-0.2, 0) is 6.54 Å². The number of nitrogens with zero attached hydrogens (tertiary/aromatic N) is 1. The van der Waals surface area contributed by atoms with Gasteiger partial charge in [0, 0.05) is 12.6 Å². The first-order chi connectivity index (χ1) is 8.72. The summed E-state index contributed by atoms with van der Waals surface area (Å²) in [6, 6.07) is 4.70. The largest absolute Gasteiger partial charge is 0.357 e. The number of benzene rings is 1. The highest BCUT2D eigenvalue weighted by Crippen LogP contribution is 2.27. The van der Waals surface area contributed by atoms with E-state index in [0.717, 1.165) is 16.4 Å². The van der Waals surface area contributed by atoms with E-state index in [4.69, 9.17) is 0 Å². The number of halogens is 1. The number of aryl methyl sites for hydroxylation is 1. The van der Waals surface area contributed by atoms with Crippen molar-refractivity contribution in [3.05, 3.63) is 45.9 Å². The minimum Gasteiger partial charge on any atom is -0.357 e. The van der Waals surface area contributed by atoms with Gasteiger partial charge in [-0.25, -0.2) is 9.37 Å². The summed E-state index contributed by atoms with van der Waals surface area (Å²) in [5.74, 6) is -0.243. The van der Waals surface area contributed by atoms with Gasteiger partial charge in [0.25, 0.3) is 0 Å². The summed E-state index contributed by atoms with van der Waals surface area (Å²) < 4.78 is 14.1. The van der Waals surface area contributed by atoms with Crippen LogP contribution in [0, 0.1) is 12.7 Å². The van der Waals surface area contributed by atoms with Gasteiger partial charge < -0.3 is 5.32 Å². The molecule has 0 aliphatic heterocycles.